The summed E-state index contributed by atoms with van der Waals surface area (Å²) < 4.78 is 0. The third kappa shape index (κ3) is 4.14. The summed E-state index contributed by atoms with van der Waals surface area (Å²) in [7, 11) is 0. The van der Waals surface area contributed by atoms with Gasteiger partial charge in [0.15, 0.2) is 0 Å². The number of hydrogen-bond donors (Lipinski definition) is 1. The molecule has 0 aromatic heterocycles. The van der Waals surface area contributed by atoms with E-state index < -0.39 is 5.41 Å². The van der Waals surface area contributed by atoms with Crippen molar-refractivity contribution >= 4 is 28.9 Å². The molecule has 0 bridgehead atoms. The molecule has 0 aliphatic heterocycles. The van der Waals surface area contributed by atoms with Gasteiger partial charge < -0.3 is 10.2 Å². The second-order valence-corrected chi connectivity index (χ2v) is 6.17. The van der Waals surface area contributed by atoms with Crippen LogP contribution in [0.2, 0.25) is 0 Å². The van der Waals surface area contributed by atoms with E-state index in [1.807, 2.05) is 38.1 Å². The highest BCUT2D eigenvalue weighted by Crippen LogP contribution is 2.23. The van der Waals surface area contributed by atoms with E-state index in [1.54, 1.807) is 0 Å². The summed E-state index contributed by atoms with van der Waals surface area (Å²) in [5.41, 5.74) is 1.40. The van der Waals surface area contributed by atoms with Crippen LogP contribution in [0.1, 0.15) is 34.6 Å². The molecule has 1 N–H and O–H groups in total. The van der Waals surface area contributed by atoms with E-state index in [0.29, 0.717) is 11.9 Å². The fourth-order valence-electron chi connectivity index (χ4n) is 1.94. The van der Waals surface area contributed by atoms with Gasteiger partial charge in [-0.05, 0) is 58.9 Å². The molecule has 1 amide bonds. The van der Waals surface area contributed by atoms with E-state index in [2.05, 4.69) is 31.0 Å². The number of hydrogen-bond acceptors (Lipinski definition) is 2. The van der Waals surface area contributed by atoms with E-state index in [9.17, 15) is 4.79 Å². The van der Waals surface area contributed by atoms with Gasteiger partial charge in [-0.15, -0.1) is 11.6 Å². The molecule has 1 rings (SSSR count). The van der Waals surface area contributed by atoms with Gasteiger partial charge in [-0.25, -0.2) is 0 Å². The Morgan fingerprint density at radius 1 is 1.30 bits per heavy atom. The Hall–Kier alpha value is -1.22. The SMILES string of the molecule is CCN(c1ccc(NC(=O)C(C)(C)CCl)cc1)C(C)C. The van der Waals surface area contributed by atoms with Gasteiger partial charge in [0.05, 0.1) is 5.41 Å². The summed E-state index contributed by atoms with van der Waals surface area (Å²) in [5.74, 6) is 0.241. The normalized spacial score (nSPS) is 11.6. The minimum atomic E-state index is -0.562. The lowest BCUT2D eigenvalue weighted by Crippen LogP contribution is -2.32. The molecule has 0 aliphatic carbocycles. The van der Waals surface area contributed by atoms with Crippen LogP contribution in [0.3, 0.4) is 0 Å². The molecule has 0 radical (unpaired) electrons. The molecular formula is C16H25ClN2O. The zero-order chi connectivity index (χ0) is 15.3. The summed E-state index contributed by atoms with van der Waals surface area (Å²) in [5, 5.41) is 2.90. The maximum absolute atomic E-state index is 12.0. The van der Waals surface area contributed by atoms with Crippen molar-refractivity contribution in [3.63, 3.8) is 0 Å². The molecule has 112 valence electrons. The van der Waals surface area contributed by atoms with Gasteiger partial charge in [0.25, 0.3) is 0 Å². The van der Waals surface area contributed by atoms with Gasteiger partial charge in [0.2, 0.25) is 5.91 Å². The Labute approximate surface area is 127 Å². The highest BCUT2D eigenvalue weighted by atomic mass is 35.5. The lowest BCUT2D eigenvalue weighted by Gasteiger charge is -2.27. The van der Waals surface area contributed by atoms with Crippen LogP contribution in [0.4, 0.5) is 11.4 Å². The fraction of sp³-hybridized carbons (Fsp3) is 0.562. The number of anilines is 2. The third-order valence-electron chi connectivity index (χ3n) is 3.37. The van der Waals surface area contributed by atoms with Crippen LogP contribution in [0.25, 0.3) is 0 Å². The van der Waals surface area contributed by atoms with Crippen LogP contribution in [-0.2, 0) is 4.79 Å². The van der Waals surface area contributed by atoms with Crippen LogP contribution >= 0.6 is 11.6 Å². The molecule has 0 heterocycles. The van der Waals surface area contributed by atoms with Crippen molar-refractivity contribution in [2.75, 3.05) is 22.6 Å². The average molecular weight is 297 g/mol. The number of carbonyl (C=O) groups is 1. The summed E-state index contributed by atoms with van der Waals surface area (Å²) >= 11 is 5.81. The fourth-order valence-corrected chi connectivity index (χ4v) is 2.06. The van der Waals surface area contributed by atoms with Gasteiger partial charge >= 0.3 is 0 Å². The maximum Gasteiger partial charge on any atom is 0.231 e. The van der Waals surface area contributed by atoms with Crippen molar-refractivity contribution in [3.8, 4) is 0 Å². The second-order valence-electron chi connectivity index (χ2n) is 5.90. The van der Waals surface area contributed by atoms with Gasteiger partial charge in [-0.3, -0.25) is 4.79 Å². The predicted octanol–water partition coefficient (Wildman–Crippen LogP) is 4.12. The van der Waals surface area contributed by atoms with Gasteiger partial charge in [0, 0.05) is 29.8 Å². The van der Waals surface area contributed by atoms with Gasteiger partial charge in [-0.1, -0.05) is 0 Å². The first-order valence-electron chi connectivity index (χ1n) is 7.06. The number of nitrogens with one attached hydrogen (secondary N) is 1. The zero-order valence-corrected chi connectivity index (χ0v) is 13.8. The monoisotopic (exact) mass is 296 g/mol. The minimum Gasteiger partial charge on any atom is -0.369 e. The molecule has 0 spiro atoms. The molecule has 0 unspecified atom stereocenters. The zero-order valence-electron chi connectivity index (χ0n) is 13.0. The first-order chi connectivity index (χ1) is 9.31. The Kier molecular flexibility index (Phi) is 5.88. The Balaban J connectivity index is 2.79. The second kappa shape index (κ2) is 6.98. The molecule has 1 aromatic rings. The lowest BCUT2D eigenvalue weighted by atomic mass is 9.95. The van der Waals surface area contributed by atoms with Gasteiger partial charge in [-0.2, -0.15) is 0 Å². The summed E-state index contributed by atoms with van der Waals surface area (Å²) in [4.78, 5) is 14.3. The van der Waals surface area contributed by atoms with Crippen LogP contribution in [0.15, 0.2) is 24.3 Å². The van der Waals surface area contributed by atoms with E-state index in [0.717, 1.165) is 17.9 Å². The number of nitrogens with zero attached hydrogens (tertiary/aromatic N) is 1. The topological polar surface area (TPSA) is 32.3 Å². The smallest absolute Gasteiger partial charge is 0.231 e. The molecule has 3 nitrogen and oxygen atoms in total. The minimum absolute atomic E-state index is 0.0588. The molecule has 0 saturated carbocycles. The summed E-state index contributed by atoms with van der Waals surface area (Å²) in [6.45, 7) is 11.1. The number of halogens is 1. The predicted molar refractivity (Wildman–Crippen MR) is 87.7 cm³/mol. The van der Waals surface area contributed by atoms with Crippen molar-refractivity contribution < 1.29 is 4.79 Å². The van der Waals surface area contributed by atoms with Crippen molar-refractivity contribution in [3.05, 3.63) is 24.3 Å². The van der Waals surface area contributed by atoms with E-state index in [4.69, 9.17) is 11.6 Å². The average Bonchev–Trinajstić information content (AvgIpc) is 2.41. The molecule has 0 atom stereocenters. The number of benzene rings is 1. The van der Waals surface area contributed by atoms with Crippen molar-refractivity contribution in [1.29, 1.82) is 0 Å². The standard InChI is InChI=1S/C16H25ClN2O/c1-6-19(12(2)3)14-9-7-13(8-10-14)18-15(20)16(4,5)11-17/h7-10,12H,6,11H2,1-5H3,(H,18,20). The Morgan fingerprint density at radius 3 is 2.25 bits per heavy atom. The molecule has 0 aliphatic rings. The largest absolute Gasteiger partial charge is 0.369 e. The highest BCUT2D eigenvalue weighted by molar-refractivity contribution is 6.20. The third-order valence-corrected chi connectivity index (χ3v) is 4.04. The van der Waals surface area contributed by atoms with Crippen molar-refractivity contribution in [2.45, 2.75) is 40.7 Å². The quantitative estimate of drug-likeness (QED) is 0.801. The maximum atomic E-state index is 12.0. The van der Waals surface area contributed by atoms with E-state index in [1.165, 1.54) is 0 Å². The van der Waals surface area contributed by atoms with Crippen molar-refractivity contribution in [1.82, 2.24) is 0 Å². The number of carbonyl (C=O) groups excluding carboxylic acids is 1. The molecule has 1 aromatic carbocycles. The Bertz CT molecular complexity index is 440. The highest BCUT2D eigenvalue weighted by Gasteiger charge is 2.26. The number of rotatable bonds is 6. The van der Waals surface area contributed by atoms with Crippen LogP contribution in [0.5, 0.6) is 0 Å². The molecule has 20 heavy (non-hydrogen) atoms. The first-order valence-corrected chi connectivity index (χ1v) is 7.59. The first kappa shape index (κ1) is 16.8. The van der Waals surface area contributed by atoms with Crippen LogP contribution in [-0.4, -0.2) is 24.4 Å². The lowest BCUT2D eigenvalue weighted by molar-refractivity contribution is -0.122. The van der Waals surface area contributed by atoms with E-state index >= 15 is 0 Å². The number of alkyl halides is 1. The van der Waals surface area contributed by atoms with Crippen LogP contribution in [0, 0.1) is 5.41 Å². The number of amides is 1. The van der Waals surface area contributed by atoms with Crippen molar-refractivity contribution in [2.24, 2.45) is 5.41 Å². The Morgan fingerprint density at radius 2 is 1.85 bits per heavy atom. The molecule has 4 heteroatoms. The van der Waals surface area contributed by atoms with Crippen LogP contribution < -0.4 is 10.2 Å². The summed E-state index contributed by atoms with van der Waals surface area (Å²) in [6.07, 6.45) is 0. The summed E-state index contributed by atoms with van der Waals surface area (Å²) in [6, 6.07) is 8.39. The molecular weight excluding hydrogens is 272 g/mol. The molecule has 0 fully saturated rings. The molecule has 0 saturated heterocycles. The van der Waals surface area contributed by atoms with E-state index in [-0.39, 0.29) is 5.91 Å². The van der Waals surface area contributed by atoms with Gasteiger partial charge in [0.1, 0.15) is 0 Å².